The predicted molar refractivity (Wildman–Crippen MR) is 105 cm³/mol. The van der Waals surface area contributed by atoms with Crippen molar-refractivity contribution in [3.8, 4) is 0 Å². The summed E-state index contributed by atoms with van der Waals surface area (Å²) in [4.78, 5) is 22.3. The molecule has 9 atom stereocenters. The molecule has 2 heterocycles. The molecule has 0 saturated carbocycles. The Labute approximate surface area is 191 Å². The number of nitrogens with zero attached hydrogens (tertiary/aromatic N) is 1. The van der Waals surface area contributed by atoms with Crippen LogP contribution in [0.1, 0.15) is 10.4 Å². The van der Waals surface area contributed by atoms with Crippen LogP contribution < -0.4 is 0 Å². The number of nitro benzene ring substituents is 1. The zero-order valence-corrected chi connectivity index (χ0v) is 17.5. The Kier molecular flexibility index (Phi) is 8.14. The highest BCUT2D eigenvalue weighted by Crippen LogP contribution is 2.36. The van der Waals surface area contributed by atoms with Crippen LogP contribution >= 0.6 is 0 Å². The zero-order valence-electron chi connectivity index (χ0n) is 17.5. The van der Waals surface area contributed by atoms with Gasteiger partial charge >= 0.3 is 5.97 Å². The smallest absolute Gasteiger partial charge is 0.338 e. The minimum atomic E-state index is -2.35. The molecule has 0 bridgehead atoms. The van der Waals surface area contributed by atoms with E-state index in [1.807, 2.05) is 0 Å². The largest absolute Gasteiger partial charge is 0.459 e. The van der Waals surface area contributed by atoms with Gasteiger partial charge in [-0.05, 0) is 12.1 Å². The Balaban J connectivity index is 1.68. The molecule has 7 unspecified atom stereocenters. The first kappa shape index (κ1) is 26.3. The van der Waals surface area contributed by atoms with Gasteiger partial charge in [0.2, 0.25) is 5.79 Å². The van der Waals surface area contributed by atoms with Crippen LogP contribution in [0.3, 0.4) is 0 Å². The quantitative estimate of drug-likeness (QED) is 0.106. The average molecular weight is 491 g/mol. The van der Waals surface area contributed by atoms with E-state index >= 15 is 0 Å². The normalized spacial score (nSPS) is 38.0. The summed E-state index contributed by atoms with van der Waals surface area (Å²) in [5.41, 5.74) is -0.294. The topological polar surface area (TPSA) is 239 Å². The summed E-state index contributed by atoms with van der Waals surface area (Å²) >= 11 is 0. The minimum Gasteiger partial charge on any atom is -0.459 e. The van der Waals surface area contributed by atoms with Crippen molar-refractivity contribution in [2.75, 3.05) is 19.8 Å². The molecule has 7 N–H and O–H groups in total. The second kappa shape index (κ2) is 10.5. The Bertz CT molecular complexity index is 867. The van der Waals surface area contributed by atoms with Gasteiger partial charge in [-0.3, -0.25) is 10.1 Å². The van der Waals surface area contributed by atoms with Crippen LogP contribution in [0.4, 0.5) is 5.69 Å². The fourth-order valence-electron chi connectivity index (χ4n) is 3.58. The molecule has 1 aromatic carbocycles. The van der Waals surface area contributed by atoms with Crippen LogP contribution in [0.15, 0.2) is 24.3 Å². The van der Waals surface area contributed by atoms with Crippen molar-refractivity contribution in [3.63, 3.8) is 0 Å². The highest BCUT2D eigenvalue weighted by atomic mass is 16.8. The van der Waals surface area contributed by atoms with Crippen LogP contribution in [-0.2, 0) is 18.9 Å². The molecule has 15 nitrogen and oxygen atoms in total. The summed E-state index contributed by atoms with van der Waals surface area (Å²) in [6.07, 6.45) is -13.7. The van der Waals surface area contributed by atoms with Gasteiger partial charge < -0.3 is 54.7 Å². The monoisotopic (exact) mass is 491 g/mol. The van der Waals surface area contributed by atoms with E-state index in [4.69, 9.17) is 18.9 Å². The number of aliphatic hydroxyl groups is 7. The Morgan fingerprint density at radius 3 is 2.18 bits per heavy atom. The van der Waals surface area contributed by atoms with E-state index in [1.165, 1.54) is 0 Å². The molecule has 0 spiro atoms. The number of carbonyl (C=O) groups excluding carboxylic acids is 1. The van der Waals surface area contributed by atoms with Crippen molar-refractivity contribution in [1.29, 1.82) is 0 Å². The van der Waals surface area contributed by atoms with Crippen molar-refractivity contribution in [2.24, 2.45) is 0 Å². The fourth-order valence-corrected chi connectivity index (χ4v) is 3.58. The van der Waals surface area contributed by atoms with Gasteiger partial charge in [0.25, 0.3) is 5.69 Å². The molecule has 0 amide bonds. The molecule has 34 heavy (non-hydrogen) atoms. The van der Waals surface area contributed by atoms with Crippen molar-refractivity contribution < 1.29 is 64.4 Å². The average Bonchev–Trinajstić information content (AvgIpc) is 3.08. The molecule has 2 saturated heterocycles. The lowest BCUT2D eigenvalue weighted by Gasteiger charge is -2.43. The number of hydrogen-bond acceptors (Lipinski definition) is 14. The van der Waals surface area contributed by atoms with E-state index in [9.17, 15) is 50.7 Å². The molecule has 2 aliphatic rings. The Hall–Kier alpha value is -2.31. The lowest BCUT2D eigenvalue weighted by molar-refractivity contribution is -0.384. The first-order valence-corrected chi connectivity index (χ1v) is 10.1. The molecule has 2 aliphatic heterocycles. The van der Waals surface area contributed by atoms with Crippen molar-refractivity contribution in [1.82, 2.24) is 0 Å². The van der Waals surface area contributed by atoms with E-state index in [1.54, 1.807) is 0 Å². The summed E-state index contributed by atoms with van der Waals surface area (Å²) in [7, 11) is 0. The van der Waals surface area contributed by atoms with E-state index in [2.05, 4.69) is 0 Å². The number of carbonyl (C=O) groups is 1. The van der Waals surface area contributed by atoms with Gasteiger partial charge in [-0.15, -0.1) is 0 Å². The number of benzene rings is 1. The summed E-state index contributed by atoms with van der Waals surface area (Å²) in [6, 6.07) is 4.47. The summed E-state index contributed by atoms with van der Waals surface area (Å²) < 4.78 is 20.9. The second-order valence-electron chi connectivity index (χ2n) is 7.78. The number of non-ortho nitro benzene ring substituents is 1. The number of esters is 1. The molecule has 2 fully saturated rings. The fraction of sp³-hybridized carbons (Fsp3) is 0.632. The van der Waals surface area contributed by atoms with Gasteiger partial charge in [-0.1, -0.05) is 0 Å². The SMILES string of the molecule is O=C(OCC1OC(O[C@]2(CO)O[C@@H](CO)C(O)C2O)C(O)C(O)C1O)c1ccc([N+](=O)[O-])cc1. The van der Waals surface area contributed by atoms with Gasteiger partial charge in [-0.2, -0.15) is 0 Å². The third-order valence-electron chi connectivity index (χ3n) is 5.58. The van der Waals surface area contributed by atoms with Gasteiger partial charge in [0.05, 0.1) is 17.1 Å². The van der Waals surface area contributed by atoms with Crippen molar-refractivity contribution >= 4 is 11.7 Å². The van der Waals surface area contributed by atoms with Crippen LogP contribution in [0.25, 0.3) is 0 Å². The highest BCUT2D eigenvalue weighted by molar-refractivity contribution is 5.89. The molecule has 3 rings (SSSR count). The number of rotatable bonds is 8. The third-order valence-corrected chi connectivity index (χ3v) is 5.58. The van der Waals surface area contributed by atoms with Gasteiger partial charge in [-0.25, -0.2) is 4.79 Å². The Morgan fingerprint density at radius 1 is 1.00 bits per heavy atom. The number of hydrogen-bond donors (Lipinski definition) is 7. The standard InChI is InChI=1S/C19H25NO14/c21-5-10-13(24)16(27)19(7-22,33-10)34-18-15(26)14(25)12(23)11(32-18)6-31-17(28)8-1-3-9(4-2-8)20(29)30/h1-4,10-16,18,21-27H,5-7H2/t10-,11?,12?,13?,14?,15?,16?,18?,19-/m0/s1. The summed E-state index contributed by atoms with van der Waals surface area (Å²) in [5.74, 6) is -3.28. The van der Waals surface area contributed by atoms with E-state index in [0.29, 0.717) is 0 Å². The maximum Gasteiger partial charge on any atom is 0.338 e. The zero-order chi connectivity index (χ0) is 25.2. The molecule has 1 aromatic rings. The first-order chi connectivity index (χ1) is 16.0. The molecule has 15 heteroatoms. The van der Waals surface area contributed by atoms with Crippen LogP contribution in [0, 0.1) is 10.1 Å². The molecule has 0 aliphatic carbocycles. The number of nitro groups is 1. The van der Waals surface area contributed by atoms with Gasteiger partial charge in [0.15, 0.2) is 6.29 Å². The first-order valence-electron chi connectivity index (χ1n) is 10.1. The van der Waals surface area contributed by atoms with E-state index < -0.39 is 85.5 Å². The van der Waals surface area contributed by atoms with E-state index in [0.717, 1.165) is 24.3 Å². The van der Waals surface area contributed by atoms with Crippen molar-refractivity contribution in [2.45, 2.75) is 54.8 Å². The third kappa shape index (κ3) is 5.03. The lowest BCUT2D eigenvalue weighted by Crippen LogP contribution is -2.62. The molecular weight excluding hydrogens is 466 g/mol. The van der Waals surface area contributed by atoms with Crippen molar-refractivity contribution in [3.05, 3.63) is 39.9 Å². The maximum absolute atomic E-state index is 12.2. The van der Waals surface area contributed by atoms with Gasteiger partial charge in [0, 0.05) is 12.1 Å². The molecule has 0 aromatic heterocycles. The van der Waals surface area contributed by atoms with Crippen LogP contribution in [0.5, 0.6) is 0 Å². The van der Waals surface area contributed by atoms with Gasteiger partial charge in [0.1, 0.15) is 55.9 Å². The highest BCUT2D eigenvalue weighted by Gasteiger charge is 2.58. The van der Waals surface area contributed by atoms with Crippen LogP contribution in [-0.4, -0.2) is 121 Å². The Morgan fingerprint density at radius 2 is 1.65 bits per heavy atom. The maximum atomic E-state index is 12.2. The molecule has 0 radical (unpaired) electrons. The predicted octanol–water partition coefficient (Wildman–Crippen LogP) is -3.62. The van der Waals surface area contributed by atoms with E-state index in [-0.39, 0.29) is 11.3 Å². The van der Waals surface area contributed by atoms with Crippen LogP contribution in [0.2, 0.25) is 0 Å². The summed E-state index contributed by atoms with van der Waals surface area (Å²) in [6.45, 7) is -2.44. The molecule has 190 valence electrons. The minimum absolute atomic E-state index is 0.0463. The number of aliphatic hydroxyl groups excluding tert-OH is 7. The molecular formula is C19H25NO14. The second-order valence-corrected chi connectivity index (χ2v) is 7.78. The number of ether oxygens (including phenoxy) is 4. The summed E-state index contributed by atoms with van der Waals surface area (Å²) in [5, 5.41) is 80.5. The lowest BCUT2D eigenvalue weighted by atomic mass is 9.99.